The van der Waals surface area contributed by atoms with Gasteiger partial charge in [0.2, 0.25) is 0 Å². The predicted molar refractivity (Wildman–Crippen MR) is 231 cm³/mol. The molecule has 0 atom stereocenters. The van der Waals surface area contributed by atoms with E-state index in [9.17, 15) is 9.59 Å². The minimum atomic E-state index is -0.530. The number of benzene rings is 6. The van der Waals surface area contributed by atoms with Crippen LogP contribution in [-0.2, 0) is 24.1 Å². The second-order valence-corrected chi connectivity index (χ2v) is 12.8. The zero-order chi connectivity index (χ0) is 41.6. The largest absolute Gasteiger partial charge is 0.399 e. The van der Waals surface area contributed by atoms with Crippen molar-refractivity contribution >= 4 is 35.1 Å². The van der Waals surface area contributed by atoms with Gasteiger partial charge in [0, 0.05) is 36.2 Å². The fourth-order valence-corrected chi connectivity index (χ4v) is 5.57. The highest BCUT2D eigenvalue weighted by molar-refractivity contribution is 5.99. The maximum atomic E-state index is 10.8. The molecule has 6 aromatic rings. The summed E-state index contributed by atoms with van der Waals surface area (Å²) in [5.74, 6) is -0.443. The van der Waals surface area contributed by atoms with Crippen LogP contribution in [0.25, 0.3) is 50.2 Å². The molecule has 6 rings (SSSR count). The van der Waals surface area contributed by atoms with Crippen LogP contribution in [0, 0.1) is 0 Å². The first-order valence-electron chi connectivity index (χ1n) is 17.9. The number of oxime groups is 3. The lowest BCUT2D eigenvalue weighted by molar-refractivity contribution is -0.141. The summed E-state index contributed by atoms with van der Waals surface area (Å²) in [5, 5.41) is 10.9. The summed E-state index contributed by atoms with van der Waals surface area (Å²) < 4.78 is 0. The normalized spacial score (nSPS) is 11.5. The highest BCUT2D eigenvalue weighted by atomic mass is 16.7. The van der Waals surface area contributed by atoms with Crippen molar-refractivity contribution in [1.29, 1.82) is 0 Å². The molecule has 0 amide bonds. The SMILES string of the molecule is C=C(N)c1ccc(-c2ccc(-c3ccc(C(N)=NOC)cc3)cc2)cc1.CC(=O)ON=C(N)c1ccc(-c2ccc(-c3ccc(C(N)=NOC(C)=O)cc3)cc2)cc1. The quantitative estimate of drug-likeness (QED) is 0.0442. The van der Waals surface area contributed by atoms with Crippen molar-refractivity contribution in [2.45, 2.75) is 13.8 Å². The van der Waals surface area contributed by atoms with Crippen molar-refractivity contribution in [1.82, 2.24) is 0 Å². The summed E-state index contributed by atoms with van der Waals surface area (Å²) in [6.45, 7) is 6.27. The molecule has 0 aliphatic carbocycles. The van der Waals surface area contributed by atoms with Gasteiger partial charge in [-0.25, -0.2) is 9.59 Å². The maximum Gasteiger partial charge on any atom is 0.332 e. The molecule has 8 N–H and O–H groups in total. The van der Waals surface area contributed by atoms with Gasteiger partial charge in [-0.1, -0.05) is 168 Å². The van der Waals surface area contributed by atoms with E-state index in [2.05, 4.69) is 68.1 Å². The number of hydrogen-bond acceptors (Lipinski definition) is 9. The Bertz CT molecular complexity index is 2350. The van der Waals surface area contributed by atoms with E-state index in [1.54, 1.807) is 0 Å². The van der Waals surface area contributed by atoms with Gasteiger partial charge in [0.25, 0.3) is 0 Å². The lowest BCUT2D eigenvalue weighted by Crippen LogP contribution is -2.14. The van der Waals surface area contributed by atoms with E-state index in [1.807, 2.05) is 109 Å². The van der Waals surface area contributed by atoms with Crippen molar-refractivity contribution in [3.63, 3.8) is 0 Å². The molecular weight excluding hydrogens is 731 g/mol. The Morgan fingerprint density at radius 1 is 0.397 bits per heavy atom. The summed E-state index contributed by atoms with van der Waals surface area (Å²) in [4.78, 5) is 35.5. The van der Waals surface area contributed by atoms with Gasteiger partial charge in [0.15, 0.2) is 17.5 Å². The molecule has 292 valence electrons. The Balaban J connectivity index is 0.000000226. The Morgan fingerprint density at radius 2 is 0.603 bits per heavy atom. The lowest BCUT2D eigenvalue weighted by atomic mass is 9.98. The van der Waals surface area contributed by atoms with Crippen LogP contribution in [0.5, 0.6) is 0 Å². The number of amidine groups is 3. The molecular formula is C46H43N7O5. The third-order valence-corrected chi connectivity index (χ3v) is 8.64. The van der Waals surface area contributed by atoms with Crippen LogP contribution in [0.2, 0.25) is 0 Å². The number of nitrogens with two attached hydrogens (primary N) is 4. The minimum absolute atomic E-state index is 0.129. The van der Waals surface area contributed by atoms with Crippen LogP contribution < -0.4 is 22.9 Å². The van der Waals surface area contributed by atoms with E-state index < -0.39 is 11.9 Å². The van der Waals surface area contributed by atoms with E-state index >= 15 is 0 Å². The molecule has 12 heteroatoms. The van der Waals surface area contributed by atoms with Crippen LogP contribution in [0.15, 0.2) is 168 Å². The molecule has 0 saturated carbocycles. The second kappa shape index (κ2) is 19.6. The summed E-state index contributed by atoms with van der Waals surface area (Å²) in [7, 11) is 1.47. The molecule has 58 heavy (non-hydrogen) atoms. The lowest BCUT2D eigenvalue weighted by Gasteiger charge is -2.07. The molecule has 0 radical (unpaired) electrons. The Morgan fingerprint density at radius 3 is 0.810 bits per heavy atom. The number of rotatable bonds is 11. The summed E-state index contributed by atoms with van der Waals surface area (Å²) >= 11 is 0. The Hall–Kier alpha value is -7.99. The zero-order valence-electron chi connectivity index (χ0n) is 32.3. The number of carbonyl (C=O) groups is 2. The number of carbonyl (C=O) groups excluding carboxylic acids is 2. The molecule has 6 aromatic carbocycles. The molecule has 0 unspecified atom stereocenters. The molecule has 12 nitrogen and oxygen atoms in total. The molecule has 0 bridgehead atoms. The highest BCUT2D eigenvalue weighted by Gasteiger charge is 2.07. The van der Waals surface area contributed by atoms with Gasteiger partial charge in [-0.15, -0.1) is 0 Å². The molecule has 0 aliphatic heterocycles. The van der Waals surface area contributed by atoms with E-state index in [-0.39, 0.29) is 11.7 Å². The Labute approximate surface area is 336 Å². The summed E-state index contributed by atoms with van der Waals surface area (Å²) in [5.41, 5.74) is 35.4. The van der Waals surface area contributed by atoms with Crippen LogP contribution in [0.3, 0.4) is 0 Å². The van der Waals surface area contributed by atoms with E-state index in [4.69, 9.17) is 27.8 Å². The van der Waals surface area contributed by atoms with Crippen molar-refractivity contribution in [3.05, 3.63) is 174 Å². The summed E-state index contributed by atoms with van der Waals surface area (Å²) in [6.07, 6.45) is 0. The van der Waals surface area contributed by atoms with Gasteiger partial charge in [0.05, 0.1) is 0 Å². The van der Waals surface area contributed by atoms with Crippen molar-refractivity contribution in [2.75, 3.05) is 7.11 Å². The van der Waals surface area contributed by atoms with Crippen LogP contribution in [-0.4, -0.2) is 36.6 Å². The van der Waals surface area contributed by atoms with Gasteiger partial charge in [0.1, 0.15) is 7.11 Å². The average Bonchev–Trinajstić information content (AvgIpc) is 3.25. The molecule has 0 saturated heterocycles. The first kappa shape index (κ1) is 41.2. The predicted octanol–water partition coefficient (Wildman–Crippen LogP) is 7.60. The minimum Gasteiger partial charge on any atom is -0.399 e. The fourth-order valence-electron chi connectivity index (χ4n) is 5.57. The van der Waals surface area contributed by atoms with E-state index in [0.29, 0.717) is 22.7 Å². The monoisotopic (exact) mass is 773 g/mol. The molecule has 0 fully saturated rings. The van der Waals surface area contributed by atoms with Crippen molar-refractivity contribution in [3.8, 4) is 44.5 Å². The maximum absolute atomic E-state index is 10.8. The van der Waals surface area contributed by atoms with Gasteiger partial charge < -0.3 is 37.4 Å². The first-order chi connectivity index (χ1) is 27.9. The van der Waals surface area contributed by atoms with Crippen LogP contribution in [0.4, 0.5) is 0 Å². The number of nitrogens with zero attached hydrogens (tertiary/aromatic N) is 3. The van der Waals surface area contributed by atoms with Crippen LogP contribution >= 0.6 is 0 Å². The number of hydrogen-bond donors (Lipinski definition) is 4. The van der Waals surface area contributed by atoms with E-state index in [1.165, 1.54) is 21.0 Å². The van der Waals surface area contributed by atoms with Gasteiger partial charge in [-0.3, -0.25) is 0 Å². The standard InChI is InChI=1S/C24H22N4O4.C22H21N3O/c1-15(29)31-27-23(25)21-11-7-19(8-12-21)17-3-5-18(6-4-17)20-9-13-22(14-10-20)24(26)28-32-16(2)30;1-15(23)16-3-5-17(6-4-16)18-7-9-19(10-8-18)20-11-13-21(14-12-20)22(24)25-26-2/h3-14H,1-2H3,(H2,25,27)(H2,26,28);3-14H,1,23H2,2H3,(H2,24,25). The molecule has 0 aliphatic rings. The topological polar surface area (TPSA) is 203 Å². The second-order valence-electron chi connectivity index (χ2n) is 12.8. The molecule has 0 heterocycles. The van der Waals surface area contributed by atoms with Gasteiger partial charge in [-0.05, 0) is 50.1 Å². The van der Waals surface area contributed by atoms with Crippen molar-refractivity contribution in [2.24, 2.45) is 38.4 Å². The smallest absolute Gasteiger partial charge is 0.332 e. The zero-order valence-corrected chi connectivity index (χ0v) is 32.3. The molecule has 0 aromatic heterocycles. The third-order valence-electron chi connectivity index (χ3n) is 8.64. The summed E-state index contributed by atoms with van der Waals surface area (Å²) in [6, 6.07) is 47.4. The van der Waals surface area contributed by atoms with Gasteiger partial charge >= 0.3 is 11.9 Å². The van der Waals surface area contributed by atoms with Crippen molar-refractivity contribution < 1.29 is 24.1 Å². The highest BCUT2D eigenvalue weighted by Crippen LogP contribution is 2.27. The average molecular weight is 774 g/mol. The van der Waals surface area contributed by atoms with Gasteiger partial charge in [-0.2, -0.15) is 0 Å². The Kier molecular flexibility index (Phi) is 13.9. The molecule has 0 spiro atoms. The third kappa shape index (κ3) is 11.3. The van der Waals surface area contributed by atoms with Crippen LogP contribution in [0.1, 0.15) is 36.1 Å². The fraction of sp³-hybridized carbons (Fsp3) is 0.0652. The van der Waals surface area contributed by atoms with E-state index in [0.717, 1.165) is 55.6 Å². The first-order valence-corrected chi connectivity index (χ1v) is 17.9.